The van der Waals surface area contributed by atoms with E-state index in [2.05, 4.69) is 5.16 Å². The zero-order chi connectivity index (χ0) is 13.9. The Bertz CT molecular complexity index is 468. The zero-order valence-corrected chi connectivity index (χ0v) is 11.4. The van der Waals surface area contributed by atoms with Gasteiger partial charge in [-0.3, -0.25) is 4.79 Å². The maximum absolute atomic E-state index is 12.8. The summed E-state index contributed by atoms with van der Waals surface area (Å²) in [7, 11) is 0. The molecule has 1 saturated carbocycles. The molecule has 0 radical (unpaired) electrons. The number of oxime groups is 1. The SMILES string of the molecule is CCN(CC)C(=O)[C@]1(c2ccccc2)C[C@@H]1C=NO. The van der Waals surface area contributed by atoms with Gasteiger partial charge in [-0.1, -0.05) is 30.3 Å². The third-order valence-corrected chi connectivity index (χ3v) is 3.98. The first-order valence-electron chi connectivity index (χ1n) is 6.73. The summed E-state index contributed by atoms with van der Waals surface area (Å²) in [5.74, 6) is 0.126. The van der Waals surface area contributed by atoms with Gasteiger partial charge >= 0.3 is 0 Å². The Kier molecular flexibility index (Phi) is 3.88. The lowest BCUT2D eigenvalue weighted by molar-refractivity contribution is -0.133. The first-order valence-corrected chi connectivity index (χ1v) is 6.73. The summed E-state index contributed by atoms with van der Waals surface area (Å²) < 4.78 is 0. The van der Waals surface area contributed by atoms with Crippen molar-refractivity contribution in [2.75, 3.05) is 13.1 Å². The van der Waals surface area contributed by atoms with Gasteiger partial charge in [0.2, 0.25) is 5.91 Å². The van der Waals surface area contributed by atoms with Crippen LogP contribution in [0.5, 0.6) is 0 Å². The van der Waals surface area contributed by atoms with E-state index in [1.54, 1.807) is 0 Å². The minimum atomic E-state index is -0.528. The van der Waals surface area contributed by atoms with Gasteiger partial charge in [-0.25, -0.2) is 0 Å². The van der Waals surface area contributed by atoms with E-state index in [-0.39, 0.29) is 11.8 Å². The summed E-state index contributed by atoms with van der Waals surface area (Å²) in [6.07, 6.45) is 2.20. The second-order valence-electron chi connectivity index (χ2n) is 4.89. The molecule has 1 fully saturated rings. The molecule has 0 aliphatic heterocycles. The number of hydrogen-bond donors (Lipinski definition) is 1. The van der Waals surface area contributed by atoms with Crippen LogP contribution in [-0.2, 0) is 10.2 Å². The third kappa shape index (κ3) is 2.23. The molecular formula is C15H20N2O2. The third-order valence-electron chi connectivity index (χ3n) is 3.98. The summed E-state index contributed by atoms with van der Waals surface area (Å²) in [5, 5.41) is 11.9. The van der Waals surface area contributed by atoms with Crippen LogP contribution >= 0.6 is 0 Å². The lowest BCUT2D eigenvalue weighted by Crippen LogP contribution is -2.40. The van der Waals surface area contributed by atoms with Crippen molar-refractivity contribution >= 4 is 12.1 Å². The number of rotatable bonds is 5. The number of amides is 1. The molecule has 2 atom stereocenters. The van der Waals surface area contributed by atoms with E-state index < -0.39 is 5.41 Å². The summed E-state index contributed by atoms with van der Waals surface area (Å²) in [4.78, 5) is 14.6. The average Bonchev–Trinajstić information content (AvgIpc) is 3.17. The predicted molar refractivity (Wildman–Crippen MR) is 74.4 cm³/mol. The molecular weight excluding hydrogens is 240 g/mol. The van der Waals surface area contributed by atoms with Crippen molar-refractivity contribution in [3.63, 3.8) is 0 Å². The van der Waals surface area contributed by atoms with E-state index in [4.69, 9.17) is 5.21 Å². The number of carbonyl (C=O) groups is 1. The van der Waals surface area contributed by atoms with Crippen molar-refractivity contribution in [3.8, 4) is 0 Å². The topological polar surface area (TPSA) is 52.9 Å². The molecule has 19 heavy (non-hydrogen) atoms. The molecule has 2 rings (SSSR count). The highest BCUT2D eigenvalue weighted by atomic mass is 16.4. The van der Waals surface area contributed by atoms with Crippen LogP contribution in [0.1, 0.15) is 25.8 Å². The molecule has 1 aromatic carbocycles. The van der Waals surface area contributed by atoms with Gasteiger partial charge in [0.15, 0.2) is 0 Å². The van der Waals surface area contributed by atoms with Crippen LogP contribution in [0.25, 0.3) is 0 Å². The van der Waals surface area contributed by atoms with E-state index in [0.29, 0.717) is 13.1 Å². The molecule has 0 heterocycles. The van der Waals surface area contributed by atoms with Crippen molar-refractivity contribution in [2.24, 2.45) is 11.1 Å². The van der Waals surface area contributed by atoms with Crippen molar-refractivity contribution in [3.05, 3.63) is 35.9 Å². The van der Waals surface area contributed by atoms with E-state index in [9.17, 15) is 4.79 Å². The number of nitrogens with zero attached hydrogens (tertiary/aromatic N) is 2. The van der Waals surface area contributed by atoms with Crippen LogP contribution in [0.15, 0.2) is 35.5 Å². The van der Waals surface area contributed by atoms with Gasteiger partial charge in [0.1, 0.15) is 0 Å². The lowest BCUT2D eigenvalue weighted by Gasteiger charge is -2.26. The molecule has 0 unspecified atom stereocenters. The van der Waals surface area contributed by atoms with Gasteiger partial charge in [-0.05, 0) is 25.8 Å². The van der Waals surface area contributed by atoms with Crippen molar-refractivity contribution in [1.29, 1.82) is 0 Å². The van der Waals surface area contributed by atoms with E-state index in [0.717, 1.165) is 12.0 Å². The van der Waals surface area contributed by atoms with Gasteiger partial charge in [0, 0.05) is 25.2 Å². The second-order valence-corrected chi connectivity index (χ2v) is 4.89. The quantitative estimate of drug-likeness (QED) is 0.501. The van der Waals surface area contributed by atoms with E-state index in [1.807, 2.05) is 49.1 Å². The Labute approximate surface area is 113 Å². The van der Waals surface area contributed by atoms with Crippen molar-refractivity contribution in [2.45, 2.75) is 25.7 Å². The monoisotopic (exact) mass is 260 g/mol. The number of carbonyl (C=O) groups excluding carboxylic acids is 1. The van der Waals surface area contributed by atoms with Gasteiger partial charge in [-0.2, -0.15) is 0 Å². The molecule has 0 saturated heterocycles. The largest absolute Gasteiger partial charge is 0.411 e. The summed E-state index contributed by atoms with van der Waals surface area (Å²) >= 11 is 0. The first kappa shape index (κ1) is 13.6. The standard InChI is InChI=1S/C15H20N2O2/c1-3-17(4-2)14(18)15(10-13(15)11-16-19)12-8-6-5-7-9-12/h5-9,11,13,19H,3-4,10H2,1-2H3/t13-,15+/m1/s1. The van der Waals surface area contributed by atoms with Crippen LogP contribution in [0.3, 0.4) is 0 Å². The van der Waals surface area contributed by atoms with Crippen LogP contribution in [0.2, 0.25) is 0 Å². The van der Waals surface area contributed by atoms with Crippen LogP contribution < -0.4 is 0 Å². The summed E-state index contributed by atoms with van der Waals surface area (Å²) in [5.41, 5.74) is 0.483. The molecule has 1 aliphatic carbocycles. The average molecular weight is 260 g/mol. The van der Waals surface area contributed by atoms with Gasteiger partial charge in [0.25, 0.3) is 0 Å². The van der Waals surface area contributed by atoms with E-state index in [1.165, 1.54) is 6.21 Å². The molecule has 0 bridgehead atoms. The predicted octanol–water partition coefficient (Wildman–Crippen LogP) is 2.27. The zero-order valence-electron chi connectivity index (χ0n) is 11.4. The highest BCUT2D eigenvalue weighted by Crippen LogP contribution is 2.54. The smallest absolute Gasteiger partial charge is 0.233 e. The molecule has 1 aliphatic rings. The Morgan fingerprint density at radius 3 is 2.58 bits per heavy atom. The molecule has 1 N–H and O–H groups in total. The van der Waals surface area contributed by atoms with Crippen molar-refractivity contribution < 1.29 is 10.0 Å². The lowest BCUT2D eigenvalue weighted by atomic mass is 9.91. The normalized spacial score (nSPS) is 25.5. The number of benzene rings is 1. The minimum Gasteiger partial charge on any atom is -0.411 e. The summed E-state index contributed by atoms with van der Waals surface area (Å²) in [6, 6.07) is 9.78. The van der Waals surface area contributed by atoms with Crippen LogP contribution in [0.4, 0.5) is 0 Å². The fourth-order valence-electron chi connectivity index (χ4n) is 2.78. The van der Waals surface area contributed by atoms with E-state index >= 15 is 0 Å². The Hall–Kier alpha value is -1.84. The fourth-order valence-corrected chi connectivity index (χ4v) is 2.78. The number of likely N-dealkylation sites (N-methyl/N-ethyl adjacent to an activating group) is 1. The Balaban J connectivity index is 2.36. The minimum absolute atomic E-state index is 0.00648. The first-order chi connectivity index (χ1) is 9.20. The number of hydrogen-bond acceptors (Lipinski definition) is 3. The Morgan fingerprint density at radius 1 is 1.42 bits per heavy atom. The summed E-state index contributed by atoms with van der Waals surface area (Å²) in [6.45, 7) is 5.37. The van der Waals surface area contributed by atoms with Gasteiger partial charge in [-0.15, -0.1) is 5.16 Å². The molecule has 1 aromatic rings. The maximum Gasteiger partial charge on any atom is 0.233 e. The van der Waals surface area contributed by atoms with Crippen LogP contribution in [-0.4, -0.2) is 35.3 Å². The molecule has 4 heteroatoms. The Morgan fingerprint density at radius 2 is 2.05 bits per heavy atom. The van der Waals surface area contributed by atoms with Gasteiger partial charge < -0.3 is 10.1 Å². The molecule has 0 spiro atoms. The highest BCUT2D eigenvalue weighted by Gasteiger charge is 2.61. The molecule has 0 aromatic heterocycles. The van der Waals surface area contributed by atoms with Gasteiger partial charge in [0.05, 0.1) is 5.41 Å². The molecule has 4 nitrogen and oxygen atoms in total. The highest BCUT2D eigenvalue weighted by molar-refractivity contribution is 5.97. The fraction of sp³-hybridized carbons (Fsp3) is 0.467. The van der Waals surface area contributed by atoms with Crippen molar-refractivity contribution in [1.82, 2.24) is 4.90 Å². The maximum atomic E-state index is 12.8. The second kappa shape index (κ2) is 5.43. The molecule has 1 amide bonds. The van der Waals surface area contributed by atoms with Crippen LogP contribution in [0, 0.1) is 5.92 Å². The molecule has 102 valence electrons.